The highest BCUT2D eigenvalue weighted by molar-refractivity contribution is 5.89. The molecule has 5 heteroatoms. The van der Waals surface area contributed by atoms with E-state index >= 15 is 0 Å². The monoisotopic (exact) mass is 472 g/mol. The number of hydrogen-bond acceptors (Lipinski definition) is 3. The summed E-state index contributed by atoms with van der Waals surface area (Å²) in [5.74, 6) is 0.489. The summed E-state index contributed by atoms with van der Waals surface area (Å²) in [5.41, 5.74) is 3.58. The van der Waals surface area contributed by atoms with Gasteiger partial charge in [-0.25, -0.2) is 0 Å². The Balaban J connectivity index is 1.97. The SMILES string of the molecule is COc1ccc(CC(=O)N(Cc2cccc(C)c2)[C@@H](Cc2ccccc2)C(=O)NC(C)(C)C)cc1. The van der Waals surface area contributed by atoms with Crippen LogP contribution in [-0.2, 0) is 29.0 Å². The summed E-state index contributed by atoms with van der Waals surface area (Å²) in [6.07, 6.45) is 0.632. The summed E-state index contributed by atoms with van der Waals surface area (Å²) < 4.78 is 5.25. The fraction of sp³-hybridized carbons (Fsp3) is 0.333. The molecule has 35 heavy (non-hydrogen) atoms. The van der Waals surface area contributed by atoms with Crippen molar-refractivity contribution in [1.29, 1.82) is 0 Å². The Labute approximate surface area is 209 Å². The number of rotatable bonds is 9. The van der Waals surface area contributed by atoms with E-state index in [-0.39, 0.29) is 18.2 Å². The van der Waals surface area contributed by atoms with E-state index in [4.69, 9.17) is 4.74 Å². The number of nitrogens with one attached hydrogen (secondary N) is 1. The molecule has 0 spiro atoms. The van der Waals surface area contributed by atoms with Crippen molar-refractivity contribution < 1.29 is 14.3 Å². The molecule has 3 rings (SSSR count). The van der Waals surface area contributed by atoms with Crippen molar-refractivity contribution in [3.8, 4) is 5.75 Å². The van der Waals surface area contributed by atoms with Gasteiger partial charge in [-0.2, -0.15) is 0 Å². The molecule has 0 unspecified atom stereocenters. The summed E-state index contributed by atoms with van der Waals surface area (Å²) in [6.45, 7) is 8.24. The number of methoxy groups -OCH3 is 1. The summed E-state index contributed by atoms with van der Waals surface area (Å²) in [6, 6.07) is 24.8. The maximum atomic E-state index is 13.8. The van der Waals surface area contributed by atoms with Crippen LogP contribution < -0.4 is 10.1 Å². The van der Waals surface area contributed by atoms with Gasteiger partial charge in [0, 0.05) is 18.5 Å². The zero-order chi connectivity index (χ0) is 25.4. The first-order valence-electron chi connectivity index (χ1n) is 12.0. The minimum atomic E-state index is -0.650. The Morgan fingerprint density at radius 1 is 0.886 bits per heavy atom. The lowest BCUT2D eigenvalue weighted by Gasteiger charge is -2.34. The van der Waals surface area contributed by atoms with Gasteiger partial charge in [0.15, 0.2) is 0 Å². The molecule has 0 bridgehead atoms. The average molecular weight is 473 g/mol. The molecule has 1 atom stereocenters. The van der Waals surface area contributed by atoms with E-state index < -0.39 is 11.6 Å². The van der Waals surface area contributed by atoms with Crippen LogP contribution in [0.25, 0.3) is 0 Å². The van der Waals surface area contributed by atoms with Crippen molar-refractivity contribution in [1.82, 2.24) is 10.2 Å². The second-order valence-corrected chi connectivity index (χ2v) is 9.98. The van der Waals surface area contributed by atoms with Crippen molar-refractivity contribution in [2.75, 3.05) is 7.11 Å². The first-order valence-corrected chi connectivity index (χ1v) is 12.0. The number of nitrogens with zero attached hydrogens (tertiary/aromatic N) is 1. The Hall–Kier alpha value is -3.60. The second-order valence-electron chi connectivity index (χ2n) is 9.98. The zero-order valence-corrected chi connectivity index (χ0v) is 21.4. The van der Waals surface area contributed by atoms with E-state index in [0.717, 1.165) is 28.0 Å². The predicted molar refractivity (Wildman–Crippen MR) is 140 cm³/mol. The van der Waals surface area contributed by atoms with Gasteiger partial charge < -0.3 is 15.0 Å². The molecule has 0 saturated carbocycles. The van der Waals surface area contributed by atoms with Crippen molar-refractivity contribution in [2.45, 2.75) is 58.7 Å². The molecule has 184 valence electrons. The quantitative estimate of drug-likeness (QED) is 0.471. The van der Waals surface area contributed by atoms with Gasteiger partial charge in [-0.3, -0.25) is 9.59 Å². The van der Waals surface area contributed by atoms with Crippen LogP contribution in [0.5, 0.6) is 5.75 Å². The van der Waals surface area contributed by atoms with Gasteiger partial charge in [0.2, 0.25) is 11.8 Å². The third-order valence-corrected chi connectivity index (χ3v) is 5.72. The minimum absolute atomic E-state index is 0.0957. The fourth-order valence-corrected chi connectivity index (χ4v) is 4.03. The molecule has 3 aromatic carbocycles. The fourth-order valence-electron chi connectivity index (χ4n) is 4.03. The minimum Gasteiger partial charge on any atom is -0.497 e. The van der Waals surface area contributed by atoms with Crippen molar-refractivity contribution >= 4 is 11.8 Å². The van der Waals surface area contributed by atoms with Crippen LogP contribution in [0.4, 0.5) is 0 Å². The molecule has 0 radical (unpaired) electrons. The normalized spacial score (nSPS) is 12.0. The molecule has 1 N–H and O–H groups in total. The number of carbonyl (C=O) groups is 2. The molecule has 0 aliphatic carbocycles. The zero-order valence-electron chi connectivity index (χ0n) is 21.4. The van der Waals surface area contributed by atoms with Crippen LogP contribution in [-0.4, -0.2) is 35.4 Å². The summed E-state index contributed by atoms with van der Waals surface area (Å²) in [7, 11) is 1.62. The van der Waals surface area contributed by atoms with Gasteiger partial charge in [-0.15, -0.1) is 0 Å². The Bertz CT molecular complexity index is 1120. The van der Waals surface area contributed by atoms with Gasteiger partial charge in [-0.1, -0.05) is 72.3 Å². The third kappa shape index (κ3) is 7.99. The predicted octanol–water partition coefficient (Wildman–Crippen LogP) is 5.10. The van der Waals surface area contributed by atoms with Crippen molar-refractivity contribution in [3.05, 3.63) is 101 Å². The highest BCUT2D eigenvalue weighted by atomic mass is 16.5. The van der Waals surface area contributed by atoms with Gasteiger partial charge in [0.1, 0.15) is 11.8 Å². The Kier molecular flexibility index (Phi) is 8.69. The van der Waals surface area contributed by atoms with Crippen LogP contribution in [0.15, 0.2) is 78.9 Å². The standard InChI is InChI=1S/C30H36N2O3/c1-22-10-9-13-25(18-22)21-32(28(33)20-24-14-16-26(35-5)17-15-24)27(29(34)31-30(2,3)4)19-23-11-7-6-8-12-23/h6-18,27H,19-21H2,1-5H3,(H,31,34)/t27-/m0/s1. The van der Waals surface area contributed by atoms with E-state index in [2.05, 4.69) is 11.4 Å². The first-order chi connectivity index (χ1) is 16.6. The number of hydrogen-bond donors (Lipinski definition) is 1. The van der Waals surface area contributed by atoms with Gasteiger partial charge in [-0.05, 0) is 56.5 Å². The number of carbonyl (C=O) groups excluding carboxylic acids is 2. The second kappa shape index (κ2) is 11.7. The van der Waals surface area contributed by atoms with E-state index in [9.17, 15) is 9.59 Å². The maximum absolute atomic E-state index is 13.8. The molecule has 0 fully saturated rings. The molecular formula is C30H36N2O3. The van der Waals surface area contributed by atoms with Crippen LogP contribution in [0.2, 0.25) is 0 Å². The largest absolute Gasteiger partial charge is 0.497 e. The lowest BCUT2D eigenvalue weighted by Crippen LogP contribution is -2.54. The highest BCUT2D eigenvalue weighted by Gasteiger charge is 2.32. The molecule has 0 saturated heterocycles. The molecule has 0 aliphatic heterocycles. The Morgan fingerprint density at radius 3 is 2.14 bits per heavy atom. The summed E-state index contributed by atoms with van der Waals surface area (Å²) in [4.78, 5) is 29.1. The average Bonchev–Trinajstić information content (AvgIpc) is 2.81. The first kappa shape index (κ1) is 26.0. The van der Waals surface area contributed by atoms with Crippen LogP contribution >= 0.6 is 0 Å². The van der Waals surface area contributed by atoms with E-state index in [1.54, 1.807) is 12.0 Å². The molecule has 2 amide bonds. The maximum Gasteiger partial charge on any atom is 0.243 e. The number of aryl methyl sites for hydroxylation is 1. The Morgan fingerprint density at radius 2 is 1.54 bits per heavy atom. The number of amides is 2. The number of benzene rings is 3. The highest BCUT2D eigenvalue weighted by Crippen LogP contribution is 2.19. The smallest absolute Gasteiger partial charge is 0.243 e. The van der Waals surface area contributed by atoms with E-state index in [0.29, 0.717) is 13.0 Å². The van der Waals surface area contributed by atoms with Crippen molar-refractivity contribution in [3.63, 3.8) is 0 Å². The van der Waals surface area contributed by atoms with E-state index in [1.807, 2.05) is 100 Å². The van der Waals surface area contributed by atoms with Gasteiger partial charge >= 0.3 is 0 Å². The molecule has 5 nitrogen and oxygen atoms in total. The van der Waals surface area contributed by atoms with Gasteiger partial charge in [0.05, 0.1) is 13.5 Å². The summed E-state index contributed by atoms with van der Waals surface area (Å²) >= 11 is 0. The molecular weight excluding hydrogens is 436 g/mol. The summed E-state index contributed by atoms with van der Waals surface area (Å²) in [5, 5.41) is 3.10. The molecule has 0 aliphatic rings. The molecule has 0 heterocycles. The third-order valence-electron chi connectivity index (χ3n) is 5.72. The van der Waals surface area contributed by atoms with Gasteiger partial charge in [0.25, 0.3) is 0 Å². The molecule has 0 aromatic heterocycles. The molecule has 3 aromatic rings. The van der Waals surface area contributed by atoms with Crippen LogP contribution in [0, 0.1) is 6.92 Å². The topological polar surface area (TPSA) is 58.6 Å². The number of ether oxygens (including phenoxy) is 1. The van der Waals surface area contributed by atoms with E-state index in [1.165, 1.54) is 0 Å². The van der Waals surface area contributed by atoms with Crippen LogP contribution in [0.3, 0.4) is 0 Å². The lowest BCUT2D eigenvalue weighted by molar-refractivity contribution is -0.141. The lowest BCUT2D eigenvalue weighted by atomic mass is 9.99. The van der Waals surface area contributed by atoms with Crippen LogP contribution in [0.1, 0.15) is 43.0 Å². The van der Waals surface area contributed by atoms with Crippen molar-refractivity contribution in [2.24, 2.45) is 0 Å².